The number of hydrogen-bond acceptors (Lipinski definition) is 3. The van der Waals surface area contributed by atoms with E-state index in [9.17, 15) is 5.11 Å². The van der Waals surface area contributed by atoms with Gasteiger partial charge in [0.2, 0.25) is 0 Å². The Morgan fingerprint density at radius 2 is 1.42 bits per heavy atom. The Hall–Kier alpha value is -2.78. The first-order valence-corrected chi connectivity index (χ1v) is 9.04. The van der Waals surface area contributed by atoms with E-state index in [0.717, 1.165) is 24.3 Å². The fourth-order valence-electron chi connectivity index (χ4n) is 2.95. The molecular weight excluding hydrogens is 320 g/mol. The van der Waals surface area contributed by atoms with Gasteiger partial charge in [-0.3, -0.25) is 0 Å². The van der Waals surface area contributed by atoms with Crippen LogP contribution in [0.4, 0.5) is 11.4 Å². The molecule has 0 aliphatic carbocycles. The van der Waals surface area contributed by atoms with E-state index in [4.69, 9.17) is 0 Å². The van der Waals surface area contributed by atoms with E-state index in [-0.39, 0.29) is 12.6 Å². The fourth-order valence-corrected chi connectivity index (χ4v) is 2.95. The summed E-state index contributed by atoms with van der Waals surface area (Å²) < 4.78 is 0. The highest BCUT2D eigenvalue weighted by Crippen LogP contribution is 2.23. The molecule has 1 atom stereocenters. The number of para-hydroxylation sites is 2. The quantitative estimate of drug-likeness (QED) is 0.557. The van der Waals surface area contributed by atoms with Crippen molar-refractivity contribution in [3.63, 3.8) is 0 Å². The highest BCUT2D eigenvalue weighted by Gasteiger charge is 2.10. The lowest BCUT2D eigenvalue weighted by molar-refractivity contribution is 0.274. The van der Waals surface area contributed by atoms with Crippen LogP contribution in [0.15, 0.2) is 78.9 Å². The molecule has 0 amide bonds. The van der Waals surface area contributed by atoms with E-state index >= 15 is 0 Å². The highest BCUT2D eigenvalue weighted by molar-refractivity contribution is 5.69. The lowest BCUT2D eigenvalue weighted by Gasteiger charge is -2.21. The van der Waals surface area contributed by atoms with Crippen molar-refractivity contribution in [1.29, 1.82) is 0 Å². The fraction of sp³-hybridized carbons (Fsp3) is 0.217. The first-order valence-electron chi connectivity index (χ1n) is 9.04. The van der Waals surface area contributed by atoms with Crippen molar-refractivity contribution in [2.75, 3.05) is 17.2 Å². The van der Waals surface area contributed by atoms with Crippen LogP contribution in [0.5, 0.6) is 0 Å². The summed E-state index contributed by atoms with van der Waals surface area (Å²) in [5.41, 5.74) is 5.77. The normalized spacial score (nSPS) is 11.8. The highest BCUT2D eigenvalue weighted by atomic mass is 16.3. The van der Waals surface area contributed by atoms with Crippen molar-refractivity contribution < 1.29 is 5.11 Å². The van der Waals surface area contributed by atoms with Gasteiger partial charge in [-0.25, -0.2) is 0 Å². The summed E-state index contributed by atoms with van der Waals surface area (Å²) in [5, 5.41) is 16.8. The Kier molecular flexibility index (Phi) is 6.29. The maximum absolute atomic E-state index is 9.79. The van der Waals surface area contributed by atoms with Gasteiger partial charge in [-0.05, 0) is 36.6 Å². The molecule has 3 aromatic carbocycles. The molecule has 3 nitrogen and oxygen atoms in total. The molecule has 3 rings (SSSR count). The molecule has 1 unspecified atom stereocenters. The van der Waals surface area contributed by atoms with E-state index in [1.165, 1.54) is 16.7 Å². The van der Waals surface area contributed by atoms with Crippen molar-refractivity contribution >= 4 is 11.4 Å². The molecule has 0 bridgehead atoms. The molecule has 0 spiro atoms. The van der Waals surface area contributed by atoms with Gasteiger partial charge in [0.1, 0.15) is 0 Å². The van der Waals surface area contributed by atoms with Gasteiger partial charge in [-0.1, -0.05) is 72.3 Å². The van der Waals surface area contributed by atoms with Crippen LogP contribution in [0.1, 0.15) is 16.7 Å². The number of nitrogens with one attached hydrogen (secondary N) is 2. The molecule has 134 valence electrons. The third-order valence-corrected chi connectivity index (χ3v) is 4.44. The van der Waals surface area contributed by atoms with Gasteiger partial charge in [0, 0.05) is 6.54 Å². The molecule has 0 aromatic heterocycles. The van der Waals surface area contributed by atoms with Gasteiger partial charge >= 0.3 is 0 Å². The van der Waals surface area contributed by atoms with Crippen molar-refractivity contribution in [2.24, 2.45) is 0 Å². The first kappa shape index (κ1) is 18.0. The number of benzene rings is 3. The zero-order valence-corrected chi connectivity index (χ0v) is 15.2. The van der Waals surface area contributed by atoms with E-state index in [1.807, 2.05) is 36.4 Å². The molecule has 0 aliphatic heterocycles. The van der Waals surface area contributed by atoms with Crippen molar-refractivity contribution in [3.05, 3.63) is 95.6 Å². The zero-order valence-electron chi connectivity index (χ0n) is 15.2. The average Bonchev–Trinajstić information content (AvgIpc) is 2.69. The first-order chi connectivity index (χ1) is 12.7. The second kappa shape index (κ2) is 9.07. The average molecular weight is 346 g/mol. The smallest absolute Gasteiger partial charge is 0.0636 e. The van der Waals surface area contributed by atoms with Crippen LogP contribution in [0.2, 0.25) is 0 Å². The van der Waals surface area contributed by atoms with Gasteiger partial charge in [-0.2, -0.15) is 0 Å². The molecule has 0 radical (unpaired) electrons. The van der Waals surface area contributed by atoms with E-state index in [1.54, 1.807) is 0 Å². The third kappa shape index (κ3) is 5.11. The largest absolute Gasteiger partial charge is 0.394 e. The zero-order chi connectivity index (χ0) is 18.2. The SMILES string of the molecule is Cc1ccc(CNc2ccccc2NC(CO)Cc2ccccc2)cc1. The number of anilines is 2. The molecule has 3 aromatic rings. The Morgan fingerprint density at radius 3 is 2.12 bits per heavy atom. The van der Waals surface area contributed by atoms with Crippen LogP contribution >= 0.6 is 0 Å². The van der Waals surface area contributed by atoms with Crippen LogP contribution in [-0.2, 0) is 13.0 Å². The molecule has 26 heavy (non-hydrogen) atoms. The predicted molar refractivity (Wildman–Crippen MR) is 110 cm³/mol. The number of aliphatic hydroxyl groups is 1. The van der Waals surface area contributed by atoms with Gasteiger partial charge < -0.3 is 15.7 Å². The second-order valence-corrected chi connectivity index (χ2v) is 6.60. The van der Waals surface area contributed by atoms with Crippen LogP contribution in [-0.4, -0.2) is 17.8 Å². The number of aryl methyl sites for hydroxylation is 1. The lowest BCUT2D eigenvalue weighted by Crippen LogP contribution is -2.26. The van der Waals surface area contributed by atoms with Crippen molar-refractivity contribution in [1.82, 2.24) is 0 Å². The second-order valence-electron chi connectivity index (χ2n) is 6.60. The summed E-state index contributed by atoms with van der Waals surface area (Å²) in [7, 11) is 0. The minimum absolute atomic E-state index is 0.0280. The summed E-state index contributed by atoms with van der Waals surface area (Å²) in [6.07, 6.45) is 0.781. The van der Waals surface area contributed by atoms with Gasteiger partial charge in [0.25, 0.3) is 0 Å². The summed E-state index contributed by atoms with van der Waals surface area (Å²) in [4.78, 5) is 0. The molecule has 0 saturated carbocycles. The van der Waals surface area contributed by atoms with E-state index < -0.39 is 0 Å². The van der Waals surface area contributed by atoms with Crippen LogP contribution in [0.25, 0.3) is 0 Å². The minimum atomic E-state index is -0.0280. The molecule has 3 heteroatoms. The third-order valence-electron chi connectivity index (χ3n) is 4.44. The summed E-state index contributed by atoms with van der Waals surface area (Å²) in [5.74, 6) is 0. The summed E-state index contributed by atoms with van der Waals surface area (Å²) in [6.45, 7) is 2.95. The van der Waals surface area contributed by atoms with Gasteiger partial charge in [0.05, 0.1) is 24.0 Å². The maximum atomic E-state index is 9.79. The van der Waals surface area contributed by atoms with Crippen molar-refractivity contribution in [2.45, 2.75) is 25.9 Å². The number of aliphatic hydroxyl groups excluding tert-OH is 1. The molecule has 0 heterocycles. The maximum Gasteiger partial charge on any atom is 0.0636 e. The molecule has 0 aliphatic rings. The van der Waals surface area contributed by atoms with E-state index in [2.05, 4.69) is 60.0 Å². The summed E-state index contributed by atoms with van der Waals surface area (Å²) >= 11 is 0. The van der Waals surface area contributed by atoms with Gasteiger partial charge in [-0.15, -0.1) is 0 Å². The predicted octanol–water partition coefficient (Wildman–Crippen LogP) is 4.62. The molecule has 0 saturated heterocycles. The Morgan fingerprint density at radius 1 is 0.769 bits per heavy atom. The standard InChI is InChI=1S/C23H26N2O/c1-18-11-13-20(14-12-18)16-24-22-9-5-6-10-23(22)25-21(17-26)15-19-7-3-2-4-8-19/h2-14,21,24-26H,15-17H2,1H3. The number of hydrogen-bond donors (Lipinski definition) is 3. The Labute approximate surface area is 155 Å². The molecule has 0 fully saturated rings. The Balaban J connectivity index is 1.66. The van der Waals surface area contributed by atoms with Crippen LogP contribution in [0.3, 0.4) is 0 Å². The molecule has 3 N–H and O–H groups in total. The molecular formula is C23H26N2O. The van der Waals surface area contributed by atoms with Crippen LogP contribution < -0.4 is 10.6 Å². The van der Waals surface area contributed by atoms with E-state index in [0.29, 0.717) is 0 Å². The monoisotopic (exact) mass is 346 g/mol. The van der Waals surface area contributed by atoms with Gasteiger partial charge in [0.15, 0.2) is 0 Å². The topological polar surface area (TPSA) is 44.3 Å². The van der Waals surface area contributed by atoms with Crippen molar-refractivity contribution in [3.8, 4) is 0 Å². The Bertz CT molecular complexity index is 800. The number of rotatable bonds is 8. The lowest BCUT2D eigenvalue weighted by atomic mass is 10.1. The van der Waals surface area contributed by atoms with Crippen LogP contribution in [0, 0.1) is 6.92 Å². The summed E-state index contributed by atoms with van der Waals surface area (Å²) in [6, 6.07) is 26.9. The minimum Gasteiger partial charge on any atom is -0.394 e.